The Kier molecular flexibility index (Phi) is 3.97. The molecule has 2 unspecified atom stereocenters. The van der Waals surface area contributed by atoms with Crippen molar-refractivity contribution in [3.8, 4) is 5.75 Å². The van der Waals surface area contributed by atoms with Crippen LogP contribution in [0.5, 0.6) is 5.75 Å². The third-order valence-corrected chi connectivity index (χ3v) is 4.38. The molecule has 1 aliphatic rings. The predicted octanol–water partition coefficient (Wildman–Crippen LogP) is 2.90. The molecule has 21 heavy (non-hydrogen) atoms. The minimum Gasteiger partial charge on any atom is -0.493 e. The van der Waals surface area contributed by atoms with Crippen LogP contribution >= 0.6 is 0 Å². The third kappa shape index (κ3) is 2.33. The average molecular weight is 285 g/mol. The Labute approximate surface area is 126 Å². The number of hydrogen-bond donors (Lipinski definition) is 1. The highest BCUT2D eigenvalue weighted by Crippen LogP contribution is 2.45. The van der Waals surface area contributed by atoms with Gasteiger partial charge in [-0.15, -0.1) is 0 Å². The Hall–Kier alpha value is -1.81. The molecule has 1 aliphatic carbocycles. The highest BCUT2D eigenvalue weighted by Gasteiger charge is 2.36. The number of hydrogen-bond acceptors (Lipinski definition) is 3. The molecule has 0 radical (unpaired) electrons. The highest BCUT2D eigenvalue weighted by atomic mass is 16.5. The maximum atomic E-state index is 5.54. The second-order valence-electron chi connectivity index (χ2n) is 5.46. The number of benzene rings is 1. The molecule has 1 aromatic heterocycles. The van der Waals surface area contributed by atoms with Gasteiger partial charge in [-0.3, -0.25) is 4.68 Å². The fourth-order valence-corrected chi connectivity index (χ4v) is 3.35. The largest absolute Gasteiger partial charge is 0.493 e. The van der Waals surface area contributed by atoms with Crippen molar-refractivity contribution in [1.29, 1.82) is 0 Å². The van der Waals surface area contributed by atoms with Gasteiger partial charge in [0.15, 0.2) is 5.75 Å². The van der Waals surface area contributed by atoms with Crippen molar-refractivity contribution in [2.24, 2.45) is 0 Å². The van der Waals surface area contributed by atoms with Gasteiger partial charge in [-0.25, -0.2) is 0 Å². The fourth-order valence-electron chi connectivity index (χ4n) is 3.35. The van der Waals surface area contributed by atoms with Crippen LogP contribution in [0.3, 0.4) is 0 Å². The van der Waals surface area contributed by atoms with Gasteiger partial charge in [-0.05, 0) is 31.0 Å². The van der Waals surface area contributed by atoms with E-state index in [4.69, 9.17) is 4.74 Å². The minimum absolute atomic E-state index is 0.252. The summed E-state index contributed by atoms with van der Waals surface area (Å²) >= 11 is 0. The van der Waals surface area contributed by atoms with Crippen molar-refractivity contribution >= 4 is 0 Å². The lowest BCUT2D eigenvalue weighted by atomic mass is 9.72. The smallest absolute Gasteiger partial charge is 0.161 e. The molecule has 3 rings (SSSR count). The second-order valence-corrected chi connectivity index (χ2v) is 5.46. The number of aromatic nitrogens is 2. The number of methoxy groups -OCH3 is 1. The monoisotopic (exact) mass is 285 g/mol. The Morgan fingerprint density at radius 2 is 2.19 bits per heavy atom. The van der Waals surface area contributed by atoms with Crippen LogP contribution in [0, 0.1) is 0 Å². The van der Waals surface area contributed by atoms with E-state index in [-0.39, 0.29) is 6.04 Å². The van der Waals surface area contributed by atoms with Crippen molar-refractivity contribution in [3.05, 3.63) is 47.3 Å². The molecule has 0 saturated carbocycles. The van der Waals surface area contributed by atoms with Crippen LogP contribution in [0.25, 0.3) is 0 Å². The van der Waals surface area contributed by atoms with E-state index in [9.17, 15) is 0 Å². The quantitative estimate of drug-likeness (QED) is 0.887. The molecule has 4 heteroatoms. The number of fused-ring (bicyclic) bond motifs is 1. The molecule has 2 aromatic rings. The summed E-state index contributed by atoms with van der Waals surface area (Å²) in [5, 5.41) is 8.09. The molecule has 0 bridgehead atoms. The molecule has 2 atom stereocenters. The van der Waals surface area contributed by atoms with E-state index in [1.807, 2.05) is 10.9 Å². The van der Waals surface area contributed by atoms with Gasteiger partial charge >= 0.3 is 0 Å². The van der Waals surface area contributed by atoms with Crippen molar-refractivity contribution in [2.45, 2.75) is 38.8 Å². The Morgan fingerprint density at radius 3 is 2.86 bits per heavy atom. The first-order valence-corrected chi connectivity index (χ1v) is 7.71. The van der Waals surface area contributed by atoms with Gasteiger partial charge in [0.05, 0.1) is 25.0 Å². The standard InChI is InChI=1S/C17H23N3O/c1-4-18-16(14-10-12-8-6-7-9-13(12)14)17-15(21-3)11-19-20(17)5-2/h6-9,11,14,16,18H,4-5,10H2,1-3H3. The molecule has 112 valence electrons. The molecule has 0 saturated heterocycles. The van der Waals surface area contributed by atoms with Crippen LogP contribution < -0.4 is 10.1 Å². The van der Waals surface area contributed by atoms with E-state index in [1.54, 1.807) is 7.11 Å². The third-order valence-electron chi connectivity index (χ3n) is 4.38. The van der Waals surface area contributed by atoms with E-state index in [0.717, 1.165) is 25.3 Å². The van der Waals surface area contributed by atoms with E-state index < -0.39 is 0 Å². The Bertz CT molecular complexity index is 599. The van der Waals surface area contributed by atoms with E-state index >= 15 is 0 Å². The van der Waals surface area contributed by atoms with Crippen LogP contribution in [-0.2, 0) is 13.0 Å². The molecule has 0 amide bonds. The van der Waals surface area contributed by atoms with Crippen molar-refractivity contribution in [1.82, 2.24) is 15.1 Å². The normalized spacial score (nSPS) is 18.0. The number of likely N-dealkylation sites (N-methyl/N-ethyl adjacent to an activating group) is 1. The minimum atomic E-state index is 0.252. The first-order chi connectivity index (χ1) is 10.3. The summed E-state index contributed by atoms with van der Waals surface area (Å²) in [4.78, 5) is 0. The van der Waals surface area contributed by atoms with E-state index in [2.05, 4.69) is 48.5 Å². The molecular weight excluding hydrogens is 262 g/mol. The van der Waals surface area contributed by atoms with Gasteiger partial charge < -0.3 is 10.1 Å². The first-order valence-electron chi connectivity index (χ1n) is 7.71. The maximum absolute atomic E-state index is 5.54. The van der Waals surface area contributed by atoms with E-state index in [1.165, 1.54) is 16.8 Å². The molecule has 1 heterocycles. The number of nitrogens with one attached hydrogen (secondary N) is 1. The zero-order chi connectivity index (χ0) is 14.8. The molecule has 0 aliphatic heterocycles. The summed E-state index contributed by atoms with van der Waals surface area (Å²) in [5.41, 5.74) is 4.09. The SMILES string of the molecule is CCNC(c1c(OC)cnn1CC)C1Cc2ccccc21. The summed E-state index contributed by atoms with van der Waals surface area (Å²) in [6, 6.07) is 8.97. The molecule has 0 fully saturated rings. The number of rotatable bonds is 6. The van der Waals surface area contributed by atoms with Crippen molar-refractivity contribution < 1.29 is 4.74 Å². The molecule has 0 spiro atoms. The van der Waals surface area contributed by atoms with Gasteiger partial charge in [0, 0.05) is 12.5 Å². The zero-order valence-corrected chi connectivity index (χ0v) is 13.0. The Morgan fingerprint density at radius 1 is 1.38 bits per heavy atom. The number of nitrogens with zero attached hydrogens (tertiary/aromatic N) is 2. The summed E-state index contributed by atoms with van der Waals surface area (Å²) in [7, 11) is 1.72. The van der Waals surface area contributed by atoms with Crippen LogP contribution in [0.2, 0.25) is 0 Å². The summed E-state index contributed by atoms with van der Waals surface area (Å²) in [6.45, 7) is 6.06. The molecule has 4 nitrogen and oxygen atoms in total. The van der Waals surface area contributed by atoms with Crippen LogP contribution in [0.1, 0.15) is 42.6 Å². The van der Waals surface area contributed by atoms with Crippen LogP contribution in [0.4, 0.5) is 0 Å². The lowest BCUT2D eigenvalue weighted by Crippen LogP contribution is -2.35. The van der Waals surface area contributed by atoms with Gasteiger partial charge in [-0.2, -0.15) is 5.10 Å². The van der Waals surface area contributed by atoms with Crippen LogP contribution in [-0.4, -0.2) is 23.4 Å². The number of ether oxygens (including phenoxy) is 1. The van der Waals surface area contributed by atoms with Gasteiger partial charge in [-0.1, -0.05) is 31.2 Å². The average Bonchev–Trinajstić information content (AvgIpc) is 2.90. The predicted molar refractivity (Wildman–Crippen MR) is 83.8 cm³/mol. The van der Waals surface area contributed by atoms with Crippen LogP contribution in [0.15, 0.2) is 30.5 Å². The lowest BCUT2D eigenvalue weighted by molar-refractivity contribution is 0.359. The summed E-state index contributed by atoms with van der Waals surface area (Å²) in [5.74, 6) is 1.38. The fraction of sp³-hybridized carbons (Fsp3) is 0.471. The maximum Gasteiger partial charge on any atom is 0.161 e. The highest BCUT2D eigenvalue weighted by molar-refractivity contribution is 5.44. The molecule has 1 N–H and O–H groups in total. The van der Waals surface area contributed by atoms with Gasteiger partial charge in [0.25, 0.3) is 0 Å². The van der Waals surface area contributed by atoms with E-state index in [0.29, 0.717) is 5.92 Å². The van der Waals surface area contributed by atoms with Crippen molar-refractivity contribution in [3.63, 3.8) is 0 Å². The Balaban J connectivity index is 1.98. The lowest BCUT2D eigenvalue weighted by Gasteiger charge is -2.37. The number of aryl methyl sites for hydroxylation is 1. The first kappa shape index (κ1) is 14.1. The summed E-state index contributed by atoms with van der Waals surface area (Å²) < 4.78 is 7.59. The zero-order valence-electron chi connectivity index (χ0n) is 13.0. The second kappa shape index (κ2) is 5.90. The van der Waals surface area contributed by atoms with Crippen molar-refractivity contribution in [2.75, 3.05) is 13.7 Å². The summed E-state index contributed by atoms with van der Waals surface area (Å²) in [6.07, 6.45) is 2.94. The molecular formula is C17H23N3O. The topological polar surface area (TPSA) is 39.1 Å². The van der Waals surface area contributed by atoms with Gasteiger partial charge in [0.2, 0.25) is 0 Å². The van der Waals surface area contributed by atoms with Gasteiger partial charge in [0.1, 0.15) is 0 Å². The molecule has 1 aromatic carbocycles.